The number of fused-ring (bicyclic) bond motifs is 1. The number of esters is 1. The summed E-state index contributed by atoms with van der Waals surface area (Å²) in [6.07, 6.45) is 1.31. The van der Waals surface area contributed by atoms with E-state index >= 15 is 0 Å². The van der Waals surface area contributed by atoms with Crippen LogP contribution in [-0.4, -0.2) is 22.6 Å². The fourth-order valence-electron chi connectivity index (χ4n) is 3.00. The molecule has 0 aliphatic carbocycles. The van der Waals surface area contributed by atoms with E-state index in [-0.39, 0.29) is 17.9 Å². The number of benzene rings is 1. The van der Waals surface area contributed by atoms with Crippen LogP contribution in [0.1, 0.15) is 34.7 Å². The summed E-state index contributed by atoms with van der Waals surface area (Å²) < 4.78 is 6.39. The van der Waals surface area contributed by atoms with Crippen molar-refractivity contribution in [2.24, 2.45) is 0 Å². The van der Waals surface area contributed by atoms with Crippen LogP contribution in [0.4, 0.5) is 0 Å². The van der Waals surface area contributed by atoms with Gasteiger partial charge in [0.25, 0.3) is 5.56 Å². The second-order valence-corrected chi connectivity index (χ2v) is 8.07. The van der Waals surface area contributed by atoms with Gasteiger partial charge in [-0.3, -0.25) is 14.2 Å². The van der Waals surface area contributed by atoms with E-state index in [1.54, 1.807) is 15.9 Å². The third-order valence-corrected chi connectivity index (χ3v) is 5.99. The average Bonchev–Trinajstić information content (AvgIpc) is 2.93. The standard InChI is InChI=1S/C20H21ClN2O3S/c1-12-13(2)27-19-18(12)20(25)23(10-4-5-17(24)26-3)16(22-19)11-14-6-8-15(21)9-7-14/h6-9H,4-5,10-11H2,1-3H3. The van der Waals surface area contributed by atoms with Gasteiger partial charge >= 0.3 is 5.97 Å². The molecule has 0 amide bonds. The van der Waals surface area contributed by atoms with Crippen LogP contribution in [0.5, 0.6) is 0 Å². The van der Waals surface area contributed by atoms with Crippen molar-refractivity contribution in [3.8, 4) is 0 Å². The maximum atomic E-state index is 13.2. The largest absolute Gasteiger partial charge is 0.469 e. The fourth-order valence-corrected chi connectivity index (χ4v) is 4.17. The van der Waals surface area contributed by atoms with Gasteiger partial charge in [-0.15, -0.1) is 11.3 Å². The zero-order valence-electron chi connectivity index (χ0n) is 15.5. The molecule has 0 unspecified atom stereocenters. The van der Waals surface area contributed by atoms with Crippen molar-refractivity contribution in [1.29, 1.82) is 0 Å². The molecule has 27 heavy (non-hydrogen) atoms. The Labute approximate surface area is 166 Å². The molecule has 0 atom stereocenters. The Kier molecular flexibility index (Phi) is 5.97. The molecule has 2 heterocycles. The SMILES string of the molecule is COC(=O)CCCn1c(Cc2ccc(Cl)cc2)nc2sc(C)c(C)c2c1=O. The molecule has 0 N–H and O–H groups in total. The molecule has 2 aromatic heterocycles. The lowest BCUT2D eigenvalue weighted by molar-refractivity contribution is -0.140. The normalized spacial score (nSPS) is 11.1. The van der Waals surface area contributed by atoms with Crippen molar-refractivity contribution in [3.05, 3.63) is 61.5 Å². The lowest BCUT2D eigenvalue weighted by Crippen LogP contribution is -2.26. The number of thiophene rings is 1. The fraction of sp³-hybridized carbons (Fsp3) is 0.350. The van der Waals surface area contributed by atoms with Gasteiger partial charge in [-0.2, -0.15) is 0 Å². The maximum absolute atomic E-state index is 13.2. The van der Waals surface area contributed by atoms with E-state index in [0.717, 1.165) is 20.8 Å². The summed E-state index contributed by atoms with van der Waals surface area (Å²) >= 11 is 7.51. The molecule has 3 rings (SSSR count). The molecule has 0 bridgehead atoms. The second kappa shape index (κ2) is 8.23. The van der Waals surface area contributed by atoms with E-state index in [0.29, 0.717) is 35.6 Å². The molecule has 0 saturated heterocycles. The first kappa shape index (κ1) is 19.6. The molecule has 0 saturated carbocycles. The summed E-state index contributed by atoms with van der Waals surface area (Å²) in [6.45, 7) is 4.38. The zero-order chi connectivity index (χ0) is 19.6. The van der Waals surface area contributed by atoms with Gasteiger partial charge in [0.05, 0.1) is 12.5 Å². The highest BCUT2D eigenvalue weighted by Gasteiger charge is 2.17. The number of aryl methyl sites for hydroxylation is 2. The predicted octanol–water partition coefficient (Wildman–Crippen LogP) is 4.27. The van der Waals surface area contributed by atoms with Gasteiger partial charge in [0.2, 0.25) is 0 Å². The number of halogens is 1. The summed E-state index contributed by atoms with van der Waals surface area (Å²) in [5.41, 5.74) is 1.96. The van der Waals surface area contributed by atoms with Crippen molar-refractivity contribution < 1.29 is 9.53 Å². The van der Waals surface area contributed by atoms with Crippen LogP contribution in [0.25, 0.3) is 10.2 Å². The molecule has 0 fully saturated rings. The molecular weight excluding hydrogens is 384 g/mol. The minimum Gasteiger partial charge on any atom is -0.469 e. The lowest BCUT2D eigenvalue weighted by atomic mass is 10.1. The molecule has 3 aromatic rings. The Morgan fingerprint density at radius 3 is 2.63 bits per heavy atom. The highest BCUT2D eigenvalue weighted by molar-refractivity contribution is 7.18. The number of nitrogens with zero attached hydrogens (tertiary/aromatic N) is 2. The maximum Gasteiger partial charge on any atom is 0.305 e. The smallest absolute Gasteiger partial charge is 0.305 e. The lowest BCUT2D eigenvalue weighted by Gasteiger charge is -2.13. The van der Waals surface area contributed by atoms with E-state index in [1.165, 1.54) is 7.11 Å². The van der Waals surface area contributed by atoms with Crippen LogP contribution in [0.2, 0.25) is 5.02 Å². The van der Waals surface area contributed by atoms with Crippen LogP contribution in [0, 0.1) is 13.8 Å². The Bertz CT molecular complexity index is 1040. The number of methoxy groups -OCH3 is 1. The van der Waals surface area contributed by atoms with Crippen LogP contribution in [0.3, 0.4) is 0 Å². The predicted molar refractivity (Wildman–Crippen MR) is 109 cm³/mol. The first-order valence-electron chi connectivity index (χ1n) is 8.71. The van der Waals surface area contributed by atoms with Gasteiger partial charge in [-0.1, -0.05) is 23.7 Å². The van der Waals surface area contributed by atoms with Crippen molar-refractivity contribution >= 4 is 39.1 Å². The number of rotatable bonds is 6. The van der Waals surface area contributed by atoms with Crippen molar-refractivity contribution in [2.45, 2.75) is 39.7 Å². The second-order valence-electron chi connectivity index (χ2n) is 6.43. The number of aromatic nitrogens is 2. The van der Waals surface area contributed by atoms with Gasteiger partial charge < -0.3 is 4.74 Å². The van der Waals surface area contributed by atoms with E-state index in [1.807, 2.05) is 38.1 Å². The molecule has 0 aliphatic rings. The molecular formula is C20H21ClN2O3S. The van der Waals surface area contributed by atoms with Crippen LogP contribution in [0.15, 0.2) is 29.1 Å². The Morgan fingerprint density at radius 1 is 1.26 bits per heavy atom. The van der Waals surface area contributed by atoms with Crippen molar-refractivity contribution in [3.63, 3.8) is 0 Å². The molecule has 0 aliphatic heterocycles. The summed E-state index contributed by atoms with van der Waals surface area (Å²) in [5.74, 6) is 0.417. The number of hydrogen-bond donors (Lipinski definition) is 0. The Morgan fingerprint density at radius 2 is 1.96 bits per heavy atom. The number of hydrogen-bond acceptors (Lipinski definition) is 5. The van der Waals surface area contributed by atoms with Gasteiger partial charge in [-0.25, -0.2) is 4.98 Å². The Balaban J connectivity index is 2.03. The van der Waals surface area contributed by atoms with E-state index in [2.05, 4.69) is 0 Å². The first-order chi connectivity index (χ1) is 12.9. The summed E-state index contributed by atoms with van der Waals surface area (Å²) in [6, 6.07) is 7.52. The number of carbonyl (C=O) groups is 1. The number of ether oxygens (including phenoxy) is 1. The monoisotopic (exact) mass is 404 g/mol. The first-order valence-corrected chi connectivity index (χ1v) is 9.90. The summed E-state index contributed by atoms with van der Waals surface area (Å²) in [7, 11) is 1.37. The summed E-state index contributed by atoms with van der Waals surface area (Å²) in [5, 5.41) is 1.34. The highest BCUT2D eigenvalue weighted by atomic mass is 35.5. The van der Waals surface area contributed by atoms with Gasteiger partial charge in [0, 0.05) is 29.3 Å². The molecule has 7 heteroatoms. The Hall–Kier alpha value is -2.18. The highest BCUT2D eigenvalue weighted by Crippen LogP contribution is 2.27. The van der Waals surface area contributed by atoms with E-state index < -0.39 is 0 Å². The van der Waals surface area contributed by atoms with E-state index in [4.69, 9.17) is 21.3 Å². The zero-order valence-corrected chi connectivity index (χ0v) is 17.1. The van der Waals surface area contributed by atoms with Crippen LogP contribution in [-0.2, 0) is 22.5 Å². The van der Waals surface area contributed by atoms with E-state index in [9.17, 15) is 9.59 Å². The minimum absolute atomic E-state index is 0.0457. The number of carbonyl (C=O) groups excluding carboxylic acids is 1. The molecule has 142 valence electrons. The average molecular weight is 405 g/mol. The molecule has 1 aromatic carbocycles. The molecule has 5 nitrogen and oxygen atoms in total. The topological polar surface area (TPSA) is 61.2 Å². The summed E-state index contributed by atoms with van der Waals surface area (Å²) in [4.78, 5) is 31.2. The van der Waals surface area contributed by atoms with Crippen LogP contribution >= 0.6 is 22.9 Å². The van der Waals surface area contributed by atoms with Gasteiger partial charge in [0.1, 0.15) is 10.7 Å². The van der Waals surface area contributed by atoms with Crippen LogP contribution < -0.4 is 5.56 Å². The quantitative estimate of drug-likeness (QED) is 0.575. The molecule has 0 spiro atoms. The van der Waals surface area contributed by atoms with Gasteiger partial charge in [-0.05, 0) is 43.5 Å². The van der Waals surface area contributed by atoms with Gasteiger partial charge in [0.15, 0.2) is 0 Å². The minimum atomic E-state index is -0.279. The third kappa shape index (κ3) is 4.22. The molecule has 0 radical (unpaired) electrons. The van der Waals surface area contributed by atoms with Crippen molar-refractivity contribution in [2.75, 3.05) is 7.11 Å². The van der Waals surface area contributed by atoms with Crippen molar-refractivity contribution in [1.82, 2.24) is 9.55 Å². The third-order valence-electron chi connectivity index (χ3n) is 4.63.